The largest absolute Gasteiger partial charge is 0.393 e. The van der Waals surface area contributed by atoms with E-state index in [0.717, 1.165) is 55.3 Å². The lowest BCUT2D eigenvalue weighted by atomic mass is 9.44. The SMILES string of the molecule is CC(=O)CCC(C)C1CC[C@H]2[C@@H]3CC[C@@H]4C[C@H](O)CC[C@]4(C)[C@H]3CC[C@]12C. The van der Waals surface area contributed by atoms with E-state index >= 15 is 0 Å². The van der Waals surface area contributed by atoms with Crippen LogP contribution in [0.5, 0.6) is 0 Å². The van der Waals surface area contributed by atoms with Gasteiger partial charge in [-0.05, 0) is 117 Å². The van der Waals surface area contributed by atoms with Crippen LogP contribution in [0.4, 0.5) is 0 Å². The van der Waals surface area contributed by atoms with Gasteiger partial charge in [-0.1, -0.05) is 20.8 Å². The number of aliphatic hydroxyl groups excluding tert-OH is 1. The van der Waals surface area contributed by atoms with Crippen LogP contribution in [0.2, 0.25) is 0 Å². The monoisotopic (exact) mass is 374 g/mol. The first-order valence-corrected chi connectivity index (χ1v) is 11.9. The van der Waals surface area contributed by atoms with Crippen LogP contribution in [-0.2, 0) is 4.79 Å². The van der Waals surface area contributed by atoms with Crippen LogP contribution in [-0.4, -0.2) is 17.0 Å². The molecule has 0 amide bonds. The Bertz CT molecular complexity index is 571. The summed E-state index contributed by atoms with van der Waals surface area (Å²) < 4.78 is 0. The highest BCUT2D eigenvalue weighted by Gasteiger charge is 2.60. The van der Waals surface area contributed by atoms with Crippen molar-refractivity contribution < 1.29 is 9.90 Å². The van der Waals surface area contributed by atoms with Gasteiger partial charge in [0.15, 0.2) is 0 Å². The van der Waals surface area contributed by atoms with Crippen LogP contribution >= 0.6 is 0 Å². The highest BCUT2D eigenvalue weighted by molar-refractivity contribution is 5.75. The van der Waals surface area contributed by atoms with Gasteiger partial charge in [0, 0.05) is 6.42 Å². The molecule has 1 N–H and O–H groups in total. The summed E-state index contributed by atoms with van der Waals surface area (Å²) in [6.45, 7) is 9.38. The van der Waals surface area contributed by atoms with Crippen LogP contribution in [0.3, 0.4) is 0 Å². The van der Waals surface area contributed by atoms with E-state index < -0.39 is 0 Å². The summed E-state index contributed by atoms with van der Waals surface area (Å²) in [6, 6.07) is 0. The lowest BCUT2D eigenvalue weighted by molar-refractivity contribution is -0.129. The smallest absolute Gasteiger partial charge is 0.129 e. The predicted molar refractivity (Wildman–Crippen MR) is 110 cm³/mol. The summed E-state index contributed by atoms with van der Waals surface area (Å²) in [5.74, 6) is 5.36. The molecule has 4 rings (SSSR count). The Morgan fingerprint density at radius 1 is 1.00 bits per heavy atom. The Balaban J connectivity index is 1.51. The van der Waals surface area contributed by atoms with Crippen LogP contribution in [0.1, 0.15) is 98.3 Å². The van der Waals surface area contributed by atoms with E-state index in [0.29, 0.717) is 22.5 Å². The Hall–Kier alpha value is -0.370. The van der Waals surface area contributed by atoms with Crippen molar-refractivity contribution in [3.05, 3.63) is 0 Å². The molecule has 0 heterocycles. The number of carbonyl (C=O) groups is 1. The van der Waals surface area contributed by atoms with E-state index in [1.54, 1.807) is 6.92 Å². The molecule has 4 fully saturated rings. The first-order chi connectivity index (χ1) is 12.8. The number of carbonyl (C=O) groups excluding carboxylic acids is 1. The molecule has 27 heavy (non-hydrogen) atoms. The van der Waals surface area contributed by atoms with Crippen molar-refractivity contribution in [1.29, 1.82) is 0 Å². The van der Waals surface area contributed by atoms with Crippen molar-refractivity contribution in [2.75, 3.05) is 0 Å². The number of Topliss-reactive ketones (excluding diaryl/α,β-unsaturated/α-hetero) is 1. The van der Waals surface area contributed by atoms with E-state index in [9.17, 15) is 9.90 Å². The second-order valence-electron chi connectivity index (χ2n) is 11.5. The molecule has 4 aliphatic carbocycles. The second kappa shape index (κ2) is 7.15. The summed E-state index contributed by atoms with van der Waals surface area (Å²) in [4.78, 5) is 11.5. The van der Waals surface area contributed by atoms with Gasteiger partial charge < -0.3 is 9.90 Å². The standard InChI is InChI=1S/C25H42O2/c1-16(5-6-17(2)26)21-9-10-22-20-8-7-18-15-19(27)11-13-24(18,3)23(20)12-14-25(21,22)4/h16,18-23,27H,5-15H2,1-4H3/t16?,18-,19-,20+,21?,22+,23+,24+,25-/m1/s1. The molecule has 2 heteroatoms. The summed E-state index contributed by atoms with van der Waals surface area (Å²) >= 11 is 0. The molecule has 0 aromatic heterocycles. The van der Waals surface area contributed by atoms with E-state index in [4.69, 9.17) is 0 Å². The average molecular weight is 375 g/mol. The first kappa shape index (κ1) is 19.9. The molecule has 154 valence electrons. The van der Waals surface area contributed by atoms with Crippen molar-refractivity contribution in [2.24, 2.45) is 46.3 Å². The zero-order valence-electron chi connectivity index (χ0n) is 18.2. The minimum atomic E-state index is -0.0357. The fourth-order valence-electron chi connectivity index (χ4n) is 8.84. The molecule has 0 saturated heterocycles. The normalized spacial score (nSPS) is 50.4. The quantitative estimate of drug-likeness (QED) is 0.654. The molecule has 0 bridgehead atoms. The van der Waals surface area contributed by atoms with Crippen molar-refractivity contribution >= 4 is 5.78 Å². The molecule has 2 nitrogen and oxygen atoms in total. The van der Waals surface area contributed by atoms with E-state index in [2.05, 4.69) is 20.8 Å². The number of aliphatic hydroxyl groups is 1. The van der Waals surface area contributed by atoms with Gasteiger partial charge in [-0.2, -0.15) is 0 Å². The summed E-state index contributed by atoms with van der Waals surface area (Å²) in [5, 5.41) is 10.2. The summed E-state index contributed by atoms with van der Waals surface area (Å²) in [5.41, 5.74) is 0.997. The molecule has 9 atom stereocenters. The lowest BCUT2D eigenvalue weighted by Crippen LogP contribution is -2.54. The lowest BCUT2D eigenvalue weighted by Gasteiger charge is -2.61. The minimum absolute atomic E-state index is 0.0357. The molecular weight excluding hydrogens is 332 g/mol. The van der Waals surface area contributed by atoms with Crippen molar-refractivity contribution in [2.45, 2.75) is 104 Å². The fraction of sp³-hybridized carbons (Fsp3) is 0.960. The maximum absolute atomic E-state index is 11.5. The van der Waals surface area contributed by atoms with Crippen molar-refractivity contribution in [3.8, 4) is 0 Å². The van der Waals surface area contributed by atoms with Crippen LogP contribution in [0.15, 0.2) is 0 Å². The zero-order chi connectivity index (χ0) is 19.4. The molecule has 0 aromatic carbocycles. The number of rotatable bonds is 4. The minimum Gasteiger partial charge on any atom is -0.393 e. The number of hydrogen-bond donors (Lipinski definition) is 1. The molecule has 2 unspecified atom stereocenters. The van der Waals surface area contributed by atoms with Gasteiger partial charge >= 0.3 is 0 Å². The van der Waals surface area contributed by atoms with E-state index in [1.165, 1.54) is 44.9 Å². The van der Waals surface area contributed by atoms with Gasteiger partial charge in [0.25, 0.3) is 0 Å². The van der Waals surface area contributed by atoms with Gasteiger partial charge in [0.05, 0.1) is 6.10 Å². The summed E-state index contributed by atoms with van der Waals surface area (Å²) in [6.07, 6.45) is 13.6. The first-order valence-electron chi connectivity index (χ1n) is 11.9. The third-order valence-electron chi connectivity index (χ3n) is 10.4. The Labute approximate surface area is 166 Å². The second-order valence-corrected chi connectivity index (χ2v) is 11.5. The highest BCUT2D eigenvalue weighted by Crippen LogP contribution is 2.68. The molecule has 4 saturated carbocycles. The van der Waals surface area contributed by atoms with Crippen LogP contribution < -0.4 is 0 Å². The average Bonchev–Trinajstić information content (AvgIpc) is 2.97. The van der Waals surface area contributed by atoms with Crippen molar-refractivity contribution in [3.63, 3.8) is 0 Å². The Morgan fingerprint density at radius 3 is 2.44 bits per heavy atom. The van der Waals surface area contributed by atoms with Crippen molar-refractivity contribution in [1.82, 2.24) is 0 Å². The van der Waals surface area contributed by atoms with Gasteiger partial charge in [-0.15, -0.1) is 0 Å². The molecule has 0 aliphatic heterocycles. The number of ketones is 1. The highest BCUT2D eigenvalue weighted by atomic mass is 16.3. The van der Waals surface area contributed by atoms with Gasteiger partial charge in [0.1, 0.15) is 5.78 Å². The van der Waals surface area contributed by atoms with E-state index in [-0.39, 0.29) is 6.10 Å². The van der Waals surface area contributed by atoms with Gasteiger partial charge in [-0.3, -0.25) is 0 Å². The van der Waals surface area contributed by atoms with Gasteiger partial charge in [-0.25, -0.2) is 0 Å². The van der Waals surface area contributed by atoms with Crippen LogP contribution in [0.25, 0.3) is 0 Å². The third kappa shape index (κ3) is 3.22. The Morgan fingerprint density at radius 2 is 1.70 bits per heavy atom. The molecular formula is C25H42O2. The number of hydrogen-bond acceptors (Lipinski definition) is 2. The predicted octanol–water partition coefficient (Wildman–Crippen LogP) is 6.01. The molecule has 0 radical (unpaired) electrons. The van der Waals surface area contributed by atoms with E-state index in [1.807, 2.05) is 0 Å². The molecule has 0 spiro atoms. The number of fused-ring (bicyclic) bond motifs is 5. The Kier molecular flexibility index (Phi) is 5.28. The zero-order valence-corrected chi connectivity index (χ0v) is 18.2. The fourth-order valence-corrected chi connectivity index (χ4v) is 8.84. The maximum Gasteiger partial charge on any atom is 0.129 e. The van der Waals surface area contributed by atoms with Crippen LogP contribution in [0, 0.1) is 46.3 Å². The molecule has 0 aromatic rings. The maximum atomic E-state index is 11.5. The summed E-state index contributed by atoms with van der Waals surface area (Å²) in [7, 11) is 0. The third-order valence-corrected chi connectivity index (χ3v) is 10.4. The van der Waals surface area contributed by atoms with Gasteiger partial charge in [0.2, 0.25) is 0 Å². The topological polar surface area (TPSA) is 37.3 Å². The molecule has 4 aliphatic rings.